The van der Waals surface area contributed by atoms with Crippen molar-refractivity contribution in [3.8, 4) is 5.75 Å². The predicted molar refractivity (Wildman–Crippen MR) is 95.4 cm³/mol. The number of nitrogens with zero attached hydrogens (tertiary/aromatic N) is 1. The summed E-state index contributed by atoms with van der Waals surface area (Å²) in [5, 5.41) is 2.81. The van der Waals surface area contributed by atoms with Crippen LogP contribution < -0.4 is 10.1 Å². The van der Waals surface area contributed by atoms with Crippen LogP contribution in [0.15, 0.2) is 18.2 Å². The fourth-order valence-corrected chi connectivity index (χ4v) is 3.20. The monoisotopic (exact) mass is 400 g/mol. The van der Waals surface area contributed by atoms with E-state index >= 15 is 0 Å². The second-order valence-corrected chi connectivity index (χ2v) is 7.04. The largest absolute Gasteiger partial charge is 0.492 e. The highest BCUT2D eigenvalue weighted by molar-refractivity contribution is 6.32. The van der Waals surface area contributed by atoms with Crippen molar-refractivity contribution in [2.24, 2.45) is 5.92 Å². The molecule has 2 amide bonds. The standard InChI is InChI=1S/C18H22ClFN2O5/c19-15-10-13(20)2-3-16(15)26-11-12-8-14(9-12)27-18(24)22-5-1-7-25-17(23)21-4-6-22/h2-3,10,12,14H,1,4-9,11H2,(H,21,23). The SMILES string of the molecule is O=C1NCCN(C(=O)OC2CC(COc3ccc(F)cc3Cl)C2)CCCO1. The molecular weight excluding hydrogens is 379 g/mol. The molecular formula is C18H22ClFN2O5. The fraction of sp³-hybridized carbons (Fsp3) is 0.556. The van der Waals surface area contributed by atoms with Crippen molar-refractivity contribution in [2.45, 2.75) is 25.4 Å². The van der Waals surface area contributed by atoms with Crippen molar-refractivity contribution >= 4 is 23.8 Å². The van der Waals surface area contributed by atoms with Crippen molar-refractivity contribution in [1.29, 1.82) is 0 Å². The topological polar surface area (TPSA) is 77.1 Å². The Kier molecular flexibility index (Phi) is 6.60. The second-order valence-electron chi connectivity index (χ2n) is 6.63. The van der Waals surface area contributed by atoms with Gasteiger partial charge in [0.05, 0.1) is 18.2 Å². The van der Waals surface area contributed by atoms with E-state index in [4.69, 9.17) is 25.8 Å². The number of amides is 2. The van der Waals surface area contributed by atoms with Gasteiger partial charge in [0.2, 0.25) is 0 Å². The van der Waals surface area contributed by atoms with E-state index in [2.05, 4.69) is 5.32 Å². The Labute approximate surface area is 161 Å². The Balaban J connectivity index is 1.37. The number of benzene rings is 1. The minimum absolute atomic E-state index is 0.145. The number of cyclic esters (lactones) is 1. The minimum Gasteiger partial charge on any atom is -0.492 e. The maximum atomic E-state index is 13.0. The first-order chi connectivity index (χ1) is 13.0. The van der Waals surface area contributed by atoms with Crippen LogP contribution in [-0.2, 0) is 9.47 Å². The summed E-state index contributed by atoms with van der Waals surface area (Å²) < 4.78 is 29.1. The van der Waals surface area contributed by atoms with Gasteiger partial charge in [-0.05, 0) is 43.4 Å². The molecule has 27 heavy (non-hydrogen) atoms. The van der Waals surface area contributed by atoms with E-state index in [1.807, 2.05) is 0 Å². The average molecular weight is 401 g/mol. The van der Waals surface area contributed by atoms with Gasteiger partial charge >= 0.3 is 12.2 Å². The van der Waals surface area contributed by atoms with E-state index in [9.17, 15) is 14.0 Å². The highest BCUT2D eigenvalue weighted by Gasteiger charge is 2.34. The number of alkyl carbamates (subject to hydrolysis) is 1. The first-order valence-corrected chi connectivity index (χ1v) is 9.33. The number of halogens is 2. The van der Waals surface area contributed by atoms with Crippen LogP contribution in [-0.4, -0.2) is 56.0 Å². The molecule has 7 nitrogen and oxygen atoms in total. The van der Waals surface area contributed by atoms with Crippen molar-refractivity contribution in [3.05, 3.63) is 29.0 Å². The first-order valence-electron chi connectivity index (χ1n) is 8.95. The maximum Gasteiger partial charge on any atom is 0.410 e. The van der Waals surface area contributed by atoms with Crippen LogP contribution in [0, 0.1) is 11.7 Å². The fourth-order valence-electron chi connectivity index (χ4n) is 2.98. The number of hydrogen-bond donors (Lipinski definition) is 1. The molecule has 148 valence electrons. The highest BCUT2D eigenvalue weighted by Crippen LogP contribution is 2.32. The molecule has 1 aliphatic carbocycles. The molecule has 2 fully saturated rings. The molecule has 1 aliphatic heterocycles. The Morgan fingerprint density at radius 2 is 2.19 bits per heavy atom. The van der Waals surface area contributed by atoms with Crippen LogP contribution in [0.4, 0.5) is 14.0 Å². The summed E-state index contributed by atoms with van der Waals surface area (Å²) >= 11 is 5.93. The zero-order valence-corrected chi connectivity index (χ0v) is 15.5. The summed E-state index contributed by atoms with van der Waals surface area (Å²) in [4.78, 5) is 25.1. The molecule has 1 saturated heterocycles. The number of nitrogens with one attached hydrogen (secondary N) is 1. The predicted octanol–water partition coefficient (Wildman–Crippen LogP) is 3.21. The lowest BCUT2D eigenvalue weighted by molar-refractivity contribution is -0.0138. The third kappa shape index (κ3) is 5.63. The van der Waals surface area contributed by atoms with Gasteiger partial charge in [0, 0.05) is 19.6 Å². The van der Waals surface area contributed by atoms with E-state index in [0.29, 0.717) is 51.3 Å². The molecule has 0 bridgehead atoms. The molecule has 1 N–H and O–H groups in total. The van der Waals surface area contributed by atoms with Crippen LogP contribution in [0.25, 0.3) is 0 Å². The lowest BCUT2D eigenvalue weighted by Gasteiger charge is -2.35. The van der Waals surface area contributed by atoms with Gasteiger partial charge in [-0.25, -0.2) is 14.0 Å². The molecule has 0 radical (unpaired) electrons. The van der Waals surface area contributed by atoms with Crippen LogP contribution in [0.1, 0.15) is 19.3 Å². The van der Waals surface area contributed by atoms with Gasteiger partial charge in [0.1, 0.15) is 17.7 Å². The Hall–Kier alpha value is -2.22. The van der Waals surface area contributed by atoms with Crippen LogP contribution in [0.3, 0.4) is 0 Å². The number of ether oxygens (including phenoxy) is 3. The number of carbonyl (C=O) groups excluding carboxylic acids is 2. The van der Waals surface area contributed by atoms with Crippen LogP contribution in [0.5, 0.6) is 5.75 Å². The molecule has 1 heterocycles. The van der Waals surface area contributed by atoms with Crippen LogP contribution in [0.2, 0.25) is 5.02 Å². The van der Waals surface area contributed by atoms with Gasteiger partial charge in [-0.15, -0.1) is 0 Å². The van der Waals surface area contributed by atoms with Gasteiger partial charge in [0.15, 0.2) is 0 Å². The van der Waals surface area contributed by atoms with Crippen molar-refractivity contribution in [3.63, 3.8) is 0 Å². The third-order valence-corrected chi connectivity index (χ3v) is 4.84. The van der Waals surface area contributed by atoms with E-state index in [-0.39, 0.29) is 29.7 Å². The summed E-state index contributed by atoms with van der Waals surface area (Å²) in [6, 6.07) is 4.01. The summed E-state index contributed by atoms with van der Waals surface area (Å²) in [5.41, 5.74) is 0. The molecule has 3 rings (SSSR count). The molecule has 2 aliphatic rings. The van der Waals surface area contributed by atoms with E-state index in [1.165, 1.54) is 18.2 Å². The minimum atomic E-state index is -0.465. The lowest BCUT2D eigenvalue weighted by atomic mass is 9.83. The highest BCUT2D eigenvalue weighted by atomic mass is 35.5. The summed E-state index contributed by atoms with van der Waals surface area (Å²) in [7, 11) is 0. The van der Waals surface area contributed by atoms with Crippen molar-refractivity contribution in [1.82, 2.24) is 10.2 Å². The molecule has 1 saturated carbocycles. The molecule has 0 spiro atoms. The normalized spacial score (nSPS) is 23.0. The van der Waals surface area contributed by atoms with Gasteiger partial charge in [-0.2, -0.15) is 0 Å². The van der Waals surface area contributed by atoms with Gasteiger partial charge in [-0.3, -0.25) is 0 Å². The van der Waals surface area contributed by atoms with Gasteiger partial charge in [-0.1, -0.05) is 11.6 Å². The maximum absolute atomic E-state index is 13.0. The molecule has 1 aromatic carbocycles. The van der Waals surface area contributed by atoms with E-state index < -0.39 is 11.9 Å². The first kappa shape index (κ1) is 19.5. The van der Waals surface area contributed by atoms with Crippen LogP contribution >= 0.6 is 11.6 Å². The van der Waals surface area contributed by atoms with Crippen molar-refractivity contribution in [2.75, 3.05) is 32.8 Å². The Morgan fingerprint density at radius 1 is 1.37 bits per heavy atom. The van der Waals surface area contributed by atoms with Crippen molar-refractivity contribution < 1.29 is 28.2 Å². The third-order valence-electron chi connectivity index (χ3n) is 4.54. The summed E-state index contributed by atoms with van der Waals surface area (Å²) in [6.45, 7) is 1.90. The van der Waals surface area contributed by atoms with Gasteiger partial charge in [0.25, 0.3) is 0 Å². The smallest absolute Gasteiger partial charge is 0.410 e. The molecule has 0 aromatic heterocycles. The number of hydrogen-bond acceptors (Lipinski definition) is 5. The zero-order chi connectivity index (χ0) is 19.2. The lowest BCUT2D eigenvalue weighted by Crippen LogP contribution is -2.43. The molecule has 9 heteroatoms. The Morgan fingerprint density at radius 3 is 2.96 bits per heavy atom. The molecule has 1 aromatic rings. The Bertz CT molecular complexity index is 684. The number of carbonyl (C=O) groups is 2. The quantitative estimate of drug-likeness (QED) is 0.839. The summed E-state index contributed by atoms with van der Waals surface area (Å²) in [6.07, 6.45) is 0.997. The van der Waals surface area contributed by atoms with E-state index in [0.717, 1.165) is 0 Å². The molecule has 0 unspecified atom stereocenters. The van der Waals surface area contributed by atoms with E-state index in [1.54, 1.807) is 4.90 Å². The zero-order valence-electron chi connectivity index (χ0n) is 14.8. The number of rotatable bonds is 4. The second kappa shape index (κ2) is 9.12. The molecule has 0 atom stereocenters. The average Bonchev–Trinajstić information content (AvgIpc) is 2.70. The summed E-state index contributed by atoms with van der Waals surface area (Å²) in [5.74, 6) is 0.292. The van der Waals surface area contributed by atoms with Gasteiger partial charge < -0.3 is 24.4 Å².